The summed E-state index contributed by atoms with van der Waals surface area (Å²) in [6.07, 6.45) is 9.67. The van der Waals surface area contributed by atoms with Crippen molar-refractivity contribution in [3.05, 3.63) is 89.7 Å². The van der Waals surface area contributed by atoms with Gasteiger partial charge in [0.2, 0.25) is 0 Å². The lowest BCUT2D eigenvalue weighted by Crippen LogP contribution is -2.13. The van der Waals surface area contributed by atoms with Gasteiger partial charge < -0.3 is 0 Å². The van der Waals surface area contributed by atoms with Crippen LogP contribution in [0.3, 0.4) is 0 Å². The number of hydrogen-bond donors (Lipinski definition) is 1. The molecule has 1 fully saturated rings. The van der Waals surface area contributed by atoms with Crippen molar-refractivity contribution in [2.75, 3.05) is 4.72 Å². The average molecular weight is 421 g/mol. The van der Waals surface area contributed by atoms with E-state index < -0.39 is 10.0 Å². The van der Waals surface area contributed by atoms with Crippen molar-refractivity contribution in [3.63, 3.8) is 0 Å². The van der Waals surface area contributed by atoms with Gasteiger partial charge >= 0.3 is 0 Å². The van der Waals surface area contributed by atoms with Crippen LogP contribution in [-0.2, 0) is 22.9 Å². The van der Waals surface area contributed by atoms with E-state index in [-0.39, 0.29) is 0 Å². The van der Waals surface area contributed by atoms with Crippen LogP contribution in [0.5, 0.6) is 0 Å². The second-order valence-electron chi connectivity index (χ2n) is 8.03. The lowest BCUT2D eigenvalue weighted by molar-refractivity contribution is 0.443. The second kappa shape index (κ2) is 9.43. The molecule has 0 unspecified atom stereocenters. The van der Waals surface area contributed by atoms with Crippen molar-refractivity contribution in [1.29, 1.82) is 0 Å². The van der Waals surface area contributed by atoms with Crippen LogP contribution in [-0.4, -0.2) is 13.4 Å². The minimum atomic E-state index is -3.61. The summed E-state index contributed by atoms with van der Waals surface area (Å²) in [5.74, 6) is 0.569. The van der Waals surface area contributed by atoms with Crippen molar-refractivity contribution < 1.29 is 8.42 Å². The van der Waals surface area contributed by atoms with Gasteiger partial charge in [-0.3, -0.25) is 9.71 Å². The molecule has 1 aliphatic carbocycles. The van der Waals surface area contributed by atoms with E-state index in [0.29, 0.717) is 16.5 Å². The maximum atomic E-state index is 12.9. The van der Waals surface area contributed by atoms with Gasteiger partial charge in [0.1, 0.15) is 0 Å². The molecule has 0 spiro atoms. The van der Waals surface area contributed by atoms with Gasteiger partial charge in [0.05, 0.1) is 4.90 Å². The summed E-state index contributed by atoms with van der Waals surface area (Å²) in [5, 5.41) is 0. The summed E-state index contributed by atoms with van der Waals surface area (Å²) < 4.78 is 28.4. The molecule has 0 aliphatic heterocycles. The third-order valence-corrected chi connectivity index (χ3v) is 7.24. The van der Waals surface area contributed by atoms with Crippen LogP contribution in [0, 0.1) is 0 Å². The minimum absolute atomic E-state index is 0.306. The quantitative estimate of drug-likeness (QED) is 0.532. The number of aromatic nitrogens is 1. The van der Waals surface area contributed by atoms with Crippen molar-refractivity contribution in [1.82, 2.24) is 4.98 Å². The summed E-state index contributed by atoms with van der Waals surface area (Å²) in [6, 6.07) is 20.9. The molecule has 1 aliphatic rings. The molecular weight excluding hydrogens is 392 g/mol. The largest absolute Gasteiger partial charge is 0.280 e. The highest BCUT2D eigenvalue weighted by Gasteiger charge is 2.18. The molecule has 0 amide bonds. The smallest absolute Gasteiger partial charge is 0.261 e. The molecule has 3 aromatic rings. The third kappa shape index (κ3) is 5.28. The van der Waals surface area contributed by atoms with Crippen LogP contribution in [0.15, 0.2) is 77.8 Å². The van der Waals surface area contributed by atoms with Crippen LogP contribution in [0.25, 0.3) is 0 Å². The number of nitrogens with zero attached hydrogens (tertiary/aromatic N) is 1. The van der Waals surface area contributed by atoms with E-state index in [2.05, 4.69) is 9.71 Å². The fourth-order valence-corrected chi connectivity index (χ4v) is 5.23. The first-order chi connectivity index (χ1) is 14.6. The third-order valence-electron chi connectivity index (χ3n) is 5.84. The van der Waals surface area contributed by atoms with Gasteiger partial charge in [-0.25, -0.2) is 8.42 Å². The highest BCUT2D eigenvalue weighted by atomic mass is 32.2. The highest BCUT2D eigenvalue weighted by molar-refractivity contribution is 7.92. The van der Waals surface area contributed by atoms with Crippen molar-refractivity contribution >= 4 is 15.7 Å². The number of sulfonamides is 1. The Morgan fingerprint density at radius 1 is 0.867 bits per heavy atom. The molecule has 0 radical (unpaired) electrons. The number of rotatable bonds is 7. The van der Waals surface area contributed by atoms with Crippen molar-refractivity contribution in [2.24, 2.45) is 0 Å². The van der Waals surface area contributed by atoms with E-state index in [4.69, 9.17) is 0 Å². The average Bonchev–Trinajstić information content (AvgIpc) is 2.79. The summed E-state index contributed by atoms with van der Waals surface area (Å²) >= 11 is 0. The number of aryl methyl sites for hydroxylation is 2. The van der Waals surface area contributed by atoms with E-state index in [1.807, 2.05) is 48.5 Å². The SMILES string of the molecule is O=S(=O)(Nc1cccc(CCc2ccccn2)c1)c1ccc(C2CCCCC2)cc1. The highest BCUT2D eigenvalue weighted by Crippen LogP contribution is 2.33. The van der Waals surface area contributed by atoms with Gasteiger partial charge in [-0.2, -0.15) is 0 Å². The second-order valence-corrected chi connectivity index (χ2v) is 9.71. The van der Waals surface area contributed by atoms with Crippen molar-refractivity contribution in [3.8, 4) is 0 Å². The normalized spacial score (nSPS) is 15.1. The monoisotopic (exact) mass is 420 g/mol. The molecular formula is C25H28N2O2S. The molecule has 0 saturated heterocycles. The van der Waals surface area contributed by atoms with E-state index in [1.165, 1.54) is 37.7 Å². The topological polar surface area (TPSA) is 59.1 Å². The molecule has 1 heterocycles. The number of hydrogen-bond acceptors (Lipinski definition) is 3. The van der Waals surface area contributed by atoms with E-state index >= 15 is 0 Å². The molecule has 0 atom stereocenters. The molecule has 1 N–H and O–H groups in total. The van der Waals surface area contributed by atoms with E-state index in [9.17, 15) is 8.42 Å². The van der Waals surface area contributed by atoms with Gasteiger partial charge in [0.25, 0.3) is 10.0 Å². The Morgan fingerprint density at radius 2 is 1.67 bits per heavy atom. The predicted molar refractivity (Wildman–Crippen MR) is 121 cm³/mol. The molecule has 156 valence electrons. The maximum Gasteiger partial charge on any atom is 0.261 e. The molecule has 1 saturated carbocycles. The lowest BCUT2D eigenvalue weighted by atomic mass is 9.84. The summed E-state index contributed by atoms with van der Waals surface area (Å²) in [5.41, 5.74) is 3.95. The Balaban J connectivity index is 1.42. The molecule has 0 bridgehead atoms. The zero-order chi connectivity index (χ0) is 20.8. The van der Waals surface area contributed by atoms with E-state index in [0.717, 1.165) is 24.1 Å². The van der Waals surface area contributed by atoms with Crippen LogP contribution < -0.4 is 4.72 Å². The fourth-order valence-electron chi connectivity index (χ4n) is 4.18. The zero-order valence-corrected chi connectivity index (χ0v) is 17.9. The standard InChI is InChI=1S/C25H28N2O2S/c28-30(29,25-16-13-22(14-17-25)21-8-2-1-3-9-21)27-24-11-6-7-20(19-24)12-15-23-10-4-5-18-26-23/h4-7,10-11,13-14,16-19,21,27H,1-3,8-9,12,15H2. The molecule has 4 rings (SSSR count). The first kappa shape index (κ1) is 20.6. The Kier molecular flexibility index (Phi) is 6.48. The summed E-state index contributed by atoms with van der Waals surface area (Å²) in [7, 11) is -3.61. The first-order valence-corrected chi connectivity index (χ1v) is 12.2. The molecule has 5 heteroatoms. The minimum Gasteiger partial charge on any atom is -0.280 e. The van der Waals surface area contributed by atoms with Gasteiger partial charge in [-0.15, -0.1) is 0 Å². The zero-order valence-electron chi connectivity index (χ0n) is 17.1. The van der Waals surface area contributed by atoms with Crippen LogP contribution in [0.4, 0.5) is 5.69 Å². The maximum absolute atomic E-state index is 12.9. The number of nitrogens with one attached hydrogen (secondary N) is 1. The Hall–Kier alpha value is -2.66. The molecule has 2 aromatic carbocycles. The van der Waals surface area contributed by atoms with Gasteiger partial charge in [0, 0.05) is 17.6 Å². The van der Waals surface area contributed by atoms with Crippen LogP contribution >= 0.6 is 0 Å². The van der Waals surface area contributed by atoms with Crippen molar-refractivity contribution in [2.45, 2.75) is 55.8 Å². The van der Waals surface area contributed by atoms with E-state index in [1.54, 1.807) is 24.4 Å². The fraction of sp³-hybridized carbons (Fsp3) is 0.320. The van der Waals surface area contributed by atoms with Gasteiger partial charge in [-0.05, 0) is 79.1 Å². The van der Waals surface area contributed by atoms with Gasteiger partial charge in [-0.1, -0.05) is 49.6 Å². The molecule has 30 heavy (non-hydrogen) atoms. The summed E-state index contributed by atoms with van der Waals surface area (Å²) in [6.45, 7) is 0. The number of benzene rings is 2. The van der Waals surface area contributed by atoms with Crippen LogP contribution in [0.1, 0.15) is 54.8 Å². The Morgan fingerprint density at radius 3 is 2.40 bits per heavy atom. The number of anilines is 1. The summed E-state index contributed by atoms with van der Waals surface area (Å²) in [4.78, 5) is 4.65. The first-order valence-electron chi connectivity index (χ1n) is 10.7. The predicted octanol–water partition coefficient (Wildman–Crippen LogP) is 5.72. The molecule has 4 nitrogen and oxygen atoms in total. The van der Waals surface area contributed by atoms with Gasteiger partial charge in [0.15, 0.2) is 0 Å². The Bertz CT molecular complexity index is 1060. The Labute approximate surface area is 179 Å². The molecule has 1 aromatic heterocycles. The lowest BCUT2D eigenvalue weighted by Gasteiger charge is -2.22. The van der Waals surface area contributed by atoms with Crippen LogP contribution in [0.2, 0.25) is 0 Å². The number of pyridine rings is 1.